The van der Waals surface area contributed by atoms with Crippen LogP contribution in [0.1, 0.15) is 56.5 Å². The first-order valence-electron chi connectivity index (χ1n) is 7.47. The molecular formula is C17H26FNO. The molecule has 1 aromatic carbocycles. The van der Waals surface area contributed by atoms with Crippen molar-refractivity contribution in [3.63, 3.8) is 0 Å². The van der Waals surface area contributed by atoms with Crippen LogP contribution in [0.15, 0.2) is 18.2 Å². The van der Waals surface area contributed by atoms with Gasteiger partial charge in [-0.2, -0.15) is 0 Å². The van der Waals surface area contributed by atoms with Crippen molar-refractivity contribution in [1.29, 1.82) is 0 Å². The van der Waals surface area contributed by atoms with E-state index in [-0.39, 0.29) is 17.8 Å². The summed E-state index contributed by atoms with van der Waals surface area (Å²) in [5.74, 6) is 0.141. The van der Waals surface area contributed by atoms with Crippen molar-refractivity contribution in [2.75, 3.05) is 6.54 Å². The number of nitrogens with zero attached hydrogens (tertiary/aromatic N) is 1. The van der Waals surface area contributed by atoms with Gasteiger partial charge in [-0.15, -0.1) is 0 Å². The molecule has 3 heteroatoms. The average Bonchev–Trinajstić information content (AvgIpc) is 2.37. The highest BCUT2D eigenvalue weighted by Gasteiger charge is 2.24. The molecule has 0 heterocycles. The van der Waals surface area contributed by atoms with Gasteiger partial charge in [0.15, 0.2) is 0 Å². The summed E-state index contributed by atoms with van der Waals surface area (Å²) in [6, 6.07) is 4.63. The Bertz CT molecular complexity index is 452. The molecule has 112 valence electrons. The molecule has 2 nitrogen and oxygen atoms in total. The van der Waals surface area contributed by atoms with Crippen LogP contribution in [0.4, 0.5) is 4.39 Å². The topological polar surface area (TPSA) is 20.3 Å². The van der Waals surface area contributed by atoms with Gasteiger partial charge in [0.2, 0.25) is 0 Å². The van der Waals surface area contributed by atoms with Gasteiger partial charge in [0.05, 0.1) is 0 Å². The average molecular weight is 279 g/mol. The van der Waals surface area contributed by atoms with Crippen LogP contribution in [0, 0.1) is 18.7 Å². The molecule has 0 aliphatic carbocycles. The van der Waals surface area contributed by atoms with Crippen molar-refractivity contribution in [1.82, 2.24) is 4.90 Å². The van der Waals surface area contributed by atoms with E-state index in [1.54, 1.807) is 13.0 Å². The number of carbonyl (C=O) groups excluding carboxylic acids is 1. The fourth-order valence-corrected chi connectivity index (χ4v) is 2.54. The lowest BCUT2D eigenvalue weighted by Crippen LogP contribution is -2.42. The summed E-state index contributed by atoms with van der Waals surface area (Å²) < 4.78 is 13.2. The number of rotatable bonds is 6. The maximum Gasteiger partial charge on any atom is 0.254 e. The largest absolute Gasteiger partial charge is 0.335 e. The van der Waals surface area contributed by atoms with Crippen LogP contribution < -0.4 is 0 Å². The first-order chi connectivity index (χ1) is 9.40. The van der Waals surface area contributed by atoms with Crippen LogP contribution in [0.25, 0.3) is 0 Å². The third-order valence-corrected chi connectivity index (χ3v) is 3.62. The number of halogens is 1. The van der Waals surface area contributed by atoms with Crippen LogP contribution >= 0.6 is 0 Å². The molecule has 0 saturated heterocycles. The van der Waals surface area contributed by atoms with Gasteiger partial charge in [-0.05, 0) is 49.4 Å². The van der Waals surface area contributed by atoms with E-state index in [1.807, 2.05) is 4.90 Å². The molecule has 0 fully saturated rings. The number of hydrogen-bond acceptors (Lipinski definition) is 1. The molecular weight excluding hydrogens is 253 g/mol. The van der Waals surface area contributed by atoms with Crippen molar-refractivity contribution >= 4 is 5.91 Å². The Morgan fingerprint density at radius 3 is 2.30 bits per heavy atom. The van der Waals surface area contributed by atoms with Gasteiger partial charge in [0, 0.05) is 18.2 Å². The second kappa shape index (κ2) is 7.41. The van der Waals surface area contributed by atoms with E-state index in [0.29, 0.717) is 17.0 Å². The molecule has 1 rings (SSSR count). The summed E-state index contributed by atoms with van der Waals surface area (Å²) in [5.41, 5.74) is 1.31. The van der Waals surface area contributed by atoms with E-state index >= 15 is 0 Å². The molecule has 20 heavy (non-hydrogen) atoms. The third kappa shape index (κ3) is 4.06. The Balaban J connectivity index is 3.09. The molecule has 0 unspecified atom stereocenters. The molecule has 1 aromatic rings. The lowest BCUT2D eigenvalue weighted by atomic mass is 10.0. The lowest BCUT2D eigenvalue weighted by molar-refractivity contribution is 0.0639. The SMILES string of the molecule is CCC(CC)N(CC(C)C)C(=O)c1ccc(F)cc1C. The molecule has 0 aliphatic rings. The molecule has 0 spiro atoms. The molecule has 0 aliphatic heterocycles. The summed E-state index contributed by atoms with van der Waals surface area (Å²) in [6.45, 7) is 11.0. The highest BCUT2D eigenvalue weighted by Crippen LogP contribution is 2.18. The Morgan fingerprint density at radius 2 is 1.85 bits per heavy atom. The summed E-state index contributed by atoms with van der Waals surface area (Å²) in [6.07, 6.45) is 1.88. The maximum absolute atomic E-state index is 13.2. The van der Waals surface area contributed by atoms with Gasteiger partial charge in [0.1, 0.15) is 5.82 Å². The summed E-state index contributed by atoms with van der Waals surface area (Å²) in [7, 11) is 0. The minimum atomic E-state index is -0.294. The molecule has 0 aromatic heterocycles. The molecule has 0 saturated carbocycles. The predicted octanol–water partition coefficient (Wildman–Crippen LogP) is 4.42. The normalized spacial score (nSPS) is 11.2. The third-order valence-electron chi connectivity index (χ3n) is 3.62. The monoisotopic (exact) mass is 279 g/mol. The van der Waals surface area contributed by atoms with E-state index in [0.717, 1.165) is 19.4 Å². The Morgan fingerprint density at radius 1 is 1.25 bits per heavy atom. The van der Waals surface area contributed by atoms with Crippen LogP contribution in [0.2, 0.25) is 0 Å². The van der Waals surface area contributed by atoms with Crippen LogP contribution in [-0.4, -0.2) is 23.4 Å². The summed E-state index contributed by atoms with van der Waals surface area (Å²) in [5, 5.41) is 0. The predicted molar refractivity (Wildman–Crippen MR) is 81.4 cm³/mol. The minimum absolute atomic E-state index is 0.0184. The zero-order valence-corrected chi connectivity index (χ0v) is 13.2. The molecule has 1 amide bonds. The summed E-state index contributed by atoms with van der Waals surface area (Å²) in [4.78, 5) is 14.7. The van der Waals surface area contributed by atoms with Gasteiger partial charge in [0.25, 0.3) is 5.91 Å². The van der Waals surface area contributed by atoms with E-state index < -0.39 is 0 Å². The second-order valence-electron chi connectivity index (χ2n) is 5.78. The van der Waals surface area contributed by atoms with E-state index in [1.165, 1.54) is 12.1 Å². The molecule has 0 N–H and O–H groups in total. The number of carbonyl (C=O) groups is 1. The number of benzene rings is 1. The number of aryl methyl sites for hydroxylation is 1. The highest BCUT2D eigenvalue weighted by molar-refractivity contribution is 5.95. The quantitative estimate of drug-likeness (QED) is 0.754. The van der Waals surface area contributed by atoms with E-state index in [4.69, 9.17) is 0 Å². The smallest absolute Gasteiger partial charge is 0.254 e. The van der Waals surface area contributed by atoms with Crippen LogP contribution in [0.5, 0.6) is 0 Å². The van der Waals surface area contributed by atoms with Gasteiger partial charge in [-0.3, -0.25) is 4.79 Å². The Kier molecular flexibility index (Phi) is 6.18. The van der Waals surface area contributed by atoms with E-state index in [9.17, 15) is 9.18 Å². The van der Waals surface area contributed by atoms with E-state index in [2.05, 4.69) is 27.7 Å². The van der Waals surface area contributed by atoms with Crippen molar-refractivity contribution in [2.45, 2.75) is 53.5 Å². The first kappa shape index (κ1) is 16.7. The highest BCUT2D eigenvalue weighted by atomic mass is 19.1. The standard InChI is InChI=1S/C17H26FNO/c1-6-15(7-2)19(11-12(3)4)17(20)16-9-8-14(18)10-13(16)5/h8-10,12,15H,6-7,11H2,1-5H3. The number of amides is 1. The van der Waals surface area contributed by atoms with Crippen molar-refractivity contribution in [3.8, 4) is 0 Å². The van der Waals surface area contributed by atoms with Crippen molar-refractivity contribution in [3.05, 3.63) is 35.1 Å². The zero-order valence-electron chi connectivity index (χ0n) is 13.2. The summed E-state index contributed by atoms with van der Waals surface area (Å²) >= 11 is 0. The van der Waals surface area contributed by atoms with Gasteiger partial charge in [-0.25, -0.2) is 4.39 Å². The Labute approximate surface area is 122 Å². The Hall–Kier alpha value is -1.38. The number of hydrogen-bond donors (Lipinski definition) is 0. The zero-order chi connectivity index (χ0) is 15.3. The van der Waals surface area contributed by atoms with Gasteiger partial charge < -0.3 is 4.90 Å². The van der Waals surface area contributed by atoms with Crippen molar-refractivity contribution < 1.29 is 9.18 Å². The molecule has 0 atom stereocenters. The second-order valence-corrected chi connectivity index (χ2v) is 5.78. The van der Waals surface area contributed by atoms with Gasteiger partial charge in [-0.1, -0.05) is 27.7 Å². The van der Waals surface area contributed by atoms with Crippen molar-refractivity contribution in [2.24, 2.45) is 5.92 Å². The molecule has 0 radical (unpaired) electrons. The molecule has 0 bridgehead atoms. The maximum atomic E-state index is 13.2. The minimum Gasteiger partial charge on any atom is -0.335 e. The van der Waals surface area contributed by atoms with Crippen LogP contribution in [-0.2, 0) is 0 Å². The van der Waals surface area contributed by atoms with Crippen LogP contribution in [0.3, 0.4) is 0 Å². The fraction of sp³-hybridized carbons (Fsp3) is 0.588. The first-order valence-corrected chi connectivity index (χ1v) is 7.47. The lowest BCUT2D eigenvalue weighted by Gasteiger charge is -2.32. The van der Waals surface area contributed by atoms with Gasteiger partial charge >= 0.3 is 0 Å². The fourth-order valence-electron chi connectivity index (χ4n) is 2.54.